The smallest absolute Gasteiger partial charge is 0.403 e. The highest BCUT2D eigenvalue weighted by Gasteiger charge is 2.69. The van der Waals surface area contributed by atoms with E-state index in [0.717, 1.165) is 12.8 Å². The Morgan fingerprint density at radius 1 is 0.889 bits per heavy atom. The topological polar surface area (TPSA) is 70.1 Å². The maximum absolute atomic E-state index is 12.9. The lowest BCUT2D eigenvalue weighted by Gasteiger charge is -2.34. The Hall–Kier alpha value is -1.56. The molecule has 2 saturated heterocycles. The van der Waals surface area contributed by atoms with Crippen molar-refractivity contribution in [2.75, 3.05) is 45.9 Å². The first-order valence-electron chi connectivity index (χ1n) is 12.7. The number of carbonyl (C=O) groups is 2. The lowest BCUT2D eigenvalue weighted by molar-refractivity contribution is -0.199. The summed E-state index contributed by atoms with van der Waals surface area (Å²) in [6, 6.07) is 0. The van der Waals surface area contributed by atoms with Gasteiger partial charge < -0.3 is 19.6 Å². The van der Waals surface area contributed by atoms with Crippen LogP contribution in [0.4, 0.5) is 26.3 Å². The van der Waals surface area contributed by atoms with Gasteiger partial charge in [0.2, 0.25) is 5.91 Å². The summed E-state index contributed by atoms with van der Waals surface area (Å²) in [4.78, 5) is 26.7. The Morgan fingerprint density at radius 3 is 1.83 bits per heavy atom. The summed E-state index contributed by atoms with van der Waals surface area (Å²) in [6.07, 6.45) is -5.78. The second-order valence-electron chi connectivity index (χ2n) is 10.6. The van der Waals surface area contributed by atoms with Gasteiger partial charge in [-0.15, -0.1) is 0 Å². The Morgan fingerprint density at radius 2 is 1.44 bits per heavy atom. The summed E-state index contributed by atoms with van der Waals surface area (Å²) >= 11 is 0. The fourth-order valence-electron chi connectivity index (χ4n) is 5.06. The average Bonchev–Trinajstić information content (AvgIpc) is 3.74. The van der Waals surface area contributed by atoms with Crippen LogP contribution in [0.5, 0.6) is 0 Å². The van der Waals surface area contributed by atoms with E-state index in [1.165, 1.54) is 4.90 Å². The molecule has 6 nitrogen and oxygen atoms in total. The Bertz CT molecular complexity index is 764. The maximum Gasteiger partial charge on any atom is 0.403 e. The lowest BCUT2D eigenvalue weighted by Crippen LogP contribution is -2.48. The molecule has 208 valence electrons. The van der Waals surface area contributed by atoms with Crippen molar-refractivity contribution in [3.8, 4) is 0 Å². The molecule has 1 N–H and O–H groups in total. The van der Waals surface area contributed by atoms with Gasteiger partial charge in [0, 0.05) is 26.2 Å². The van der Waals surface area contributed by atoms with Gasteiger partial charge in [0.15, 0.2) is 0 Å². The summed E-state index contributed by atoms with van der Waals surface area (Å²) in [5.74, 6) is -1.17. The van der Waals surface area contributed by atoms with Crippen molar-refractivity contribution in [1.29, 1.82) is 0 Å². The number of rotatable bonds is 6. The molecular weight excluding hydrogens is 494 g/mol. The summed E-state index contributed by atoms with van der Waals surface area (Å²) in [5, 5.41) is 8.95. The van der Waals surface area contributed by atoms with Gasteiger partial charge in [0.05, 0.1) is 17.9 Å². The molecule has 4 aliphatic rings. The summed E-state index contributed by atoms with van der Waals surface area (Å²) in [5.41, 5.74) is -3.55. The third-order valence-corrected chi connectivity index (χ3v) is 8.05. The highest BCUT2D eigenvalue weighted by Crippen LogP contribution is 2.59. The molecule has 0 radical (unpaired) electrons. The standard InChI is InChI=1S/C13H18F3NO3.C11H18F3NO/c1-2-20-10(18)9-3-7-17(8-4-9)11(19)12(5-6-12)13(14,15)16;12-11(13,14)10(3-4-10)8-15-5-1-9(7-16)2-6-15/h9H,2-8H2,1H3;9,16H,1-8H2. The van der Waals surface area contributed by atoms with E-state index in [4.69, 9.17) is 9.84 Å². The number of piperidine rings is 2. The summed E-state index contributed by atoms with van der Waals surface area (Å²) < 4.78 is 81.7. The highest BCUT2D eigenvalue weighted by molar-refractivity contribution is 5.86. The minimum Gasteiger partial charge on any atom is -0.466 e. The van der Waals surface area contributed by atoms with Crippen molar-refractivity contribution in [2.24, 2.45) is 22.7 Å². The van der Waals surface area contributed by atoms with Crippen LogP contribution in [0, 0.1) is 22.7 Å². The van der Waals surface area contributed by atoms with Crippen LogP contribution in [-0.4, -0.2) is 85.1 Å². The van der Waals surface area contributed by atoms with Crippen molar-refractivity contribution in [3.05, 3.63) is 0 Å². The first kappa shape index (κ1) is 29.0. The molecule has 0 aromatic heterocycles. The quantitative estimate of drug-likeness (QED) is 0.413. The van der Waals surface area contributed by atoms with Gasteiger partial charge in [-0.25, -0.2) is 0 Å². The first-order valence-corrected chi connectivity index (χ1v) is 12.7. The number of alkyl halides is 6. The molecule has 0 aromatic carbocycles. The van der Waals surface area contributed by atoms with E-state index in [9.17, 15) is 35.9 Å². The second kappa shape index (κ2) is 11.0. The molecule has 0 spiro atoms. The second-order valence-corrected chi connectivity index (χ2v) is 10.6. The van der Waals surface area contributed by atoms with E-state index in [0.29, 0.717) is 25.9 Å². The fraction of sp³-hybridized carbons (Fsp3) is 0.917. The van der Waals surface area contributed by atoms with Crippen molar-refractivity contribution in [3.63, 3.8) is 0 Å². The summed E-state index contributed by atoms with van der Waals surface area (Å²) in [7, 11) is 0. The lowest BCUT2D eigenvalue weighted by atomic mass is 9.95. The molecule has 0 unspecified atom stereocenters. The predicted molar refractivity (Wildman–Crippen MR) is 118 cm³/mol. The van der Waals surface area contributed by atoms with Crippen LogP contribution in [0.15, 0.2) is 0 Å². The van der Waals surface area contributed by atoms with Crippen LogP contribution in [0.3, 0.4) is 0 Å². The molecule has 2 heterocycles. The van der Waals surface area contributed by atoms with E-state index in [1.54, 1.807) is 6.92 Å². The predicted octanol–water partition coefficient (Wildman–Crippen LogP) is 4.16. The van der Waals surface area contributed by atoms with E-state index in [1.807, 2.05) is 4.90 Å². The molecule has 36 heavy (non-hydrogen) atoms. The van der Waals surface area contributed by atoms with Crippen molar-refractivity contribution in [1.82, 2.24) is 9.80 Å². The van der Waals surface area contributed by atoms with Gasteiger partial charge in [-0.1, -0.05) is 0 Å². The normalized spacial score (nSPS) is 24.5. The Labute approximate surface area is 207 Å². The number of esters is 1. The zero-order chi connectivity index (χ0) is 26.8. The van der Waals surface area contributed by atoms with E-state index >= 15 is 0 Å². The number of carbonyl (C=O) groups excluding carboxylic acids is 2. The average molecular weight is 531 g/mol. The van der Waals surface area contributed by atoms with Gasteiger partial charge in [-0.3, -0.25) is 9.59 Å². The van der Waals surface area contributed by atoms with Gasteiger partial charge in [0.25, 0.3) is 0 Å². The van der Waals surface area contributed by atoms with Gasteiger partial charge in [0.1, 0.15) is 5.41 Å². The van der Waals surface area contributed by atoms with Gasteiger partial charge in [-0.2, -0.15) is 26.3 Å². The van der Waals surface area contributed by atoms with Gasteiger partial charge in [-0.05, 0) is 77.3 Å². The Kier molecular flexibility index (Phi) is 8.90. The van der Waals surface area contributed by atoms with Crippen molar-refractivity contribution >= 4 is 11.9 Å². The molecule has 0 bridgehead atoms. The SMILES string of the molecule is CCOC(=O)C1CCN(C(=O)C2(C(F)(F)F)CC2)CC1.OCC1CCN(CC2(C(F)(F)F)CC2)CC1. The van der Waals surface area contributed by atoms with Crippen LogP contribution < -0.4 is 0 Å². The highest BCUT2D eigenvalue weighted by atomic mass is 19.4. The number of hydrogen-bond donors (Lipinski definition) is 1. The monoisotopic (exact) mass is 530 g/mol. The molecule has 0 atom stereocenters. The largest absolute Gasteiger partial charge is 0.466 e. The molecule has 0 aromatic rings. The number of hydrogen-bond acceptors (Lipinski definition) is 5. The van der Waals surface area contributed by atoms with E-state index < -0.39 is 29.1 Å². The Balaban J connectivity index is 0.000000205. The molecule has 2 saturated carbocycles. The van der Waals surface area contributed by atoms with E-state index in [2.05, 4.69) is 0 Å². The number of amides is 1. The van der Waals surface area contributed by atoms with Crippen molar-refractivity contribution in [2.45, 2.75) is 70.6 Å². The number of likely N-dealkylation sites (tertiary alicyclic amines) is 2. The molecule has 2 aliphatic heterocycles. The number of aliphatic hydroxyl groups is 1. The number of ether oxygens (including phenoxy) is 1. The molecule has 1 amide bonds. The maximum atomic E-state index is 12.9. The van der Waals surface area contributed by atoms with Crippen LogP contribution in [0.2, 0.25) is 0 Å². The number of nitrogens with zero attached hydrogens (tertiary/aromatic N) is 2. The zero-order valence-electron chi connectivity index (χ0n) is 20.6. The van der Waals surface area contributed by atoms with Crippen molar-refractivity contribution < 1.29 is 45.8 Å². The van der Waals surface area contributed by atoms with Crippen LogP contribution in [0.25, 0.3) is 0 Å². The molecule has 4 fully saturated rings. The number of aliphatic hydroxyl groups excluding tert-OH is 1. The summed E-state index contributed by atoms with van der Waals surface area (Å²) in [6.45, 7) is 4.10. The third-order valence-electron chi connectivity index (χ3n) is 8.05. The minimum absolute atomic E-state index is 0.118. The van der Waals surface area contributed by atoms with Gasteiger partial charge >= 0.3 is 18.3 Å². The molecule has 4 rings (SSSR count). The van der Waals surface area contributed by atoms with Crippen LogP contribution in [-0.2, 0) is 14.3 Å². The zero-order valence-corrected chi connectivity index (χ0v) is 20.6. The number of halogens is 6. The fourth-order valence-corrected chi connectivity index (χ4v) is 5.06. The first-order chi connectivity index (χ1) is 16.8. The van der Waals surface area contributed by atoms with Crippen LogP contribution in [0.1, 0.15) is 58.3 Å². The van der Waals surface area contributed by atoms with E-state index in [-0.39, 0.29) is 76.3 Å². The van der Waals surface area contributed by atoms with Crippen LogP contribution >= 0.6 is 0 Å². The minimum atomic E-state index is -4.47. The third kappa shape index (κ3) is 6.46. The molecule has 12 heteroatoms. The molecular formula is C24H36F6N2O4. The molecule has 2 aliphatic carbocycles.